The van der Waals surface area contributed by atoms with E-state index in [1.807, 2.05) is 48.5 Å². The van der Waals surface area contributed by atoms with Crippen molar-refractivity contribution in [2.75, 3.05) is 33.4 Å². The molecular weight excluding hydrogens is 474 g/mol. The minimum absolute atomic E-state index is 0.140. The fourth-order valence-corrected chi connectivity index (χ4v) is 4.89. The van der Waals surface area contributed by atoms with Crippen LogP contribution in [0.3, 0.4) is 0 Å². The number of hydrogen-bond donors (Lipinski definition) is 1. The summed E-state index contributed by atoms with van der Waals surface area (Å²) in [6.07, 6.45) is 3.28. The molecule has 1 fully saturated rings. The molecule has 4 aromatic rings. The molecule has 1 saturated heterocycles. The number of benzene rings is 4. The molecule has 0 bridgehead atoms. The lowest BCUT2D eigenvalue weighted by Crippen LogP contribution is -2.25. The molecule has 1 N–H and O–H groups in total. The summed E-state index contributed by atoms with van der Waals surface area (Å²) in [5.74, 6) is 2.32. The Morgan fingerprint density at radius 2 is 1.53 bits per heavy atom. The summed E-state index contributed by atoms with van der Waals surface area (Å²) >= 11 is 0. The largest absolute Gasteiger partial charge is 0.504 e. The zero-order valence-corrected chi connectivity index (χ0v) is 21.9. The standard InChI is InChI=1S/C33H35NO4/c1-36-33-22-26(9-16-32(33)35)21-28-12-15-30(38-24-25-7-3-2-4-8-25)23-31(28)27-10-13-29(14-11-27)37-20-19-34-17-5-6-18-34/h2-4,7-16,22-23,35H,5-6,17-21,24H2,1H3. The first-order valence-corrected chi connectivity index (χ1v) is 13.3. The van der Waals surface area contributed by atoms with Gasteiger partial charge in [0.2, 0.25) is 0 Å². The van der Waals surface area contributed by atoms with E-state index in [1.54, 1.807) is 13.2 Å². The van der Waals surface area contributed by atoms with Crippen LogP contribution in [0.1, 0.15) is 29.5 Å². The van der Waals surface area contributed by atoms with Gasteiger partial charge < -0.3 is 19.3 Å². The molecule has 196 valence electrons. The number of phenolic OH excluding ortho intramolecular Hbond substituents is 1. The molecule has 0 atom stereocenters. The zero-order valence-electron chi connectivity index (χ0n) is 21.9. The first-order chi connectivity index (χ1) is 18.7. The molecule has 1 aliphatic rings. The van der Waals surface area contributed by atoms with Crippen molar-refractivity contribution < 1.29 is 19.3 Å². The van der Waals surface area contributed by atoms with Crippen LogP contribution in [-0.2, 0) is 13.0 Å². The van der Waals surface area contributed by atoms with Gasteiger partial charge in [0, 0.05) is 6.54 Å². The van der Waals surface area contributed by atoms with Crippen LogP contribution >= 0.6 is 0 Å². The number of aromatic hydroxyl groups is 1. The van der Waals surface area contributed by atoms with Crippen LogP contribution in [0, 0.1) is 0 Å². The molecule has 0 saturated carbocycles. The molecule has 0 amide bonds. The number of methoxy groups -OCH3 is 1. The van der Waals surface area contributed by atoms with Gasteiger partial charge in [-0.15, -0.1) is 0 Å². The first kappa shape index (κ1) is 25.7. The van der Waals surface area contributed by atoms with Crippen molar-refractivity contribution in [2.24, 2.45) is 0 Å². The van der Waals surface area contributed by atoms with Crippen molar-refractivity contribution in [1.29, 1.82) is 0 Å². The topological polar surface area (TPSA) is 51.2 Å². The molecule has 0 unspecified atom stereocenters. The maximum Gasteiger partial charge on any atom is 0.160 e. The minimum atomic E-state index is 0.140. The average Bonchev–Trinajstić information content (AvgIpc) is 3.48. The van der Waals surface area contributed by atoms with Crippen molar-refractivity contribution >= 4 is 0 Å². The van der Waals surface area contributed by atoms with Crippen molar-refractivity contribution in [3.05, 3.63) is 108 Å². The number of hydrogen-bond acceptors (Lipinski definition) is 5. The van der Waals surface area contributed by atoms with Crippen LogP contribution in [0.5, 0.6) is 23.0 Å². The highest BCUT2D eigenvalue weighted by Crippen LogP contribution is 2.33. The number of likely N-dealkylation sites (tertiary alicyclic amines) is 1. The quantitative estimate of drug-likeness (QED) is 0.243. The Balaban J connectivity index is 1.36. The van der Waals surface area contributed by atoms with Crippen molar-refractivity contribution in [2.45, 2.75) is 25.9 Å². The molecule has 1 aliphatic heterocycles. The van der Waals surface area contributed by atoms with Crippen LogP contribution < -0.4 is 14.2 Å². The third-order valence-electron chi connectivity index (χ3n) is 7.01. The molecule has 0 aromatic heterocycles. The van der Waals surface area contributed by atoms with E-state index in [-0.39, 0.29) is 5.75 Å². The van der Waals surface area contributed by atoms with E-state index in [0.717, 1.165) is 45.9 Å². The third kappa shape index (κ3) is 6.67. The van der Waals surface area contributed by atoms with Gasteiger partial charge in [-0.3, -0.25) is 4.90 Å². The number of ether oxygens (including phenoxy) is 3. The molecular formula is C33H35NO4. The summed E-state index contributed by atoms with van der Waals surface area (Å²) in [7, 11) is 1.57. The SMILES string of the molecule is COc1cc(Cc2ccc(OCc3ccccc3)cc2-c2ccc(OCCN3CCCC3)cc2)ccc1O. The maximum atomic E-state index is 10.0. The van der Waals surface area contributed by atoms with Crippen molar-refractivity contribution in [3.63, 3.8) is 0 Å². The van der Waals surface area contributed by atoms with Crippen LogP contribution in [0.15, 0.2) is 91.0 Å². The lowest BCUT2D eigenvalue weighted by atomic mass is 9.94. The van der Waals surface area contributed by atoms with Gasteiger partial charge in [-0.2, -0.15) is 0 Å². The number of nitrogens with zero attached hydrogens (tertiary/aromatic N) is 1. The summed E-state index contributed by atoms with van der Waals surface area (Å²) in [6.45, 7) is 4.55. The van der Waals surface area contributed by atoms with Gasteiger partial charge in [-0.1, -0.05) is 54.6 Å². The highest BCUT2D eigenvalue weighted by molar-refractivity contribution is 5.70. The van der Waals surface area contributed by atoms with E-state index < -0.39 is 0 Å². The van der Waals surface area contributed by atoms with E-state index in [1.165, 1.54) is 25.9 Å². The highest BCUT2D eigenvalue weighted by Gasteiger charge is 2.13. The molecule has 0 spiro atoms. The molecule has 38 heavy (non-hydrogen) atoms. The van der Waals surface area contributed by atoms with E-state index in [9.17, 15) is 5.11 Å². The predicted molar refractivity (Wildman–Crippen MR) is 151 cm³/mol. The Morgan fingerprint density at radius 3 is 2.29 bits per heavy atom. The van der Waals surface area contributed by atoms with Crippen LogP contribution in [0.2, 0.25) is 0 Å². The summed E-state index contributed by atoms with van der Waals surface area (Å²) in [5.41, 5.74) is 5.55. The minimum Gasteiger partial charge on any atom is -0.504 e. The van der Waals surface area contributed by atoms with Gasteiger partial charge in [0.25, 0.3) is 0 Å². The molecule has 5 rings (SSSR count). The van der Waals surface area contributed by atoms with Gasteiger partial charge >= 0.3 is 0 Å². The zero-order chi connectivity index (χ0) is 26.2. The Kier molecular flexibility index (Phi) is 8.46. The predicted octanol–water partition coefficient (Wildman–Crippen LogP) is 6.71. The fourth-order valence-electron chi connectivity index (χ4n) is 4.89. The second-order valence-corrected chi connectivity index (χ2v) is 9.70. The van der Waals surface area contributed by atoms with Gasteiger partial charge in [-0.25, -0.2) is 0 Å². The second kappa shape index (κ2) is 12.5. The third-order valence-corrected chi connectivity index (χ3v) is 7.01. The molecule has 0 radical (unpaired) electrons. The molecule has 5 nitrogen and oxygen atoms in total. The summed E-state index contributed by atoms with van der Waals surface area (Å²) in [5, 5.41) is 10.0. The van der Waals surface area contributed by atoms with Crippen LogP contribution in [0.4, 0.5) is 0 Å². The maximum absolute atomic E-state index is 10.0. The van der Waals surface area contributed by atoms with Crippen LogP contribution in [-0.4, -0.2) is 43.4 Å². The van der Waals surface area contributed by atoms with Crippen molar-refractivity contribution in [3.8, 4) is 34.1 Å². The van der Waals surface area contributed by atoms with Gasteiger partial charge in [-0.05, 0) is 96.6 Å². The highest BCUT2D eigenvalue weighted by atomic mass is 16.5. The summed E-state index contributed by atoms with van der Waals surface area (Å²) in [6, 6.07) is 30.2. The lowest BCUT2D eigenvalue weighted by Gasteiger charge is -2.16. The molecule has 0 aliphatic carbocycles. The Morgan fingerprint density at radius 1 is 0.763 bits per heavy atom. The van der Waals surface area contributed by atoms with Gasteiger partial charge in [0.15, 0.2) is 11.5 Å². The Labute approximate surface area is 225 Å². The van der Waals surface area contributed by atoms with Gasteiger partial charge in [0.1, 0.15) is 24.7 Å². The van der Waals surface area contributed by atoms with Crippen molar-refractivity contribution in [1.82, 2.24) is 4.90 Å². The molecule has 4 aromatic carbocycles. The first-order valence-electron chi connectivity index (χ1n) is 13.3. The van der Waals surface area contributed by atoms with E-state index in [4.69, 9.17) is 14.2 Å². The smallest absolute Gasteiger partial charge is 0.160 e. The van der Waals surface area contributed by atoms with Crippen LogP contribution in [0.25, 0.3) is 11.1 Å². The summed E-state index contributed by atoms with van der Waals surface area (Å²) < 4.78 is 17.5. The average molecular weight is 510 g/mol. The molecule has 1 heterocycles. The number of phenols is 1. The second-order valence-electron chi connectivity index (χ2n) is 9.70. The van der Waals surface area contributed by atoms with Gasteiger partial charge in [0.05, 0.1) is 7.11 Å². The van der Waals surface area contributed by atoms with E-state index in [0.29, 0.717) is 25.4 Å². The lowest BCUT2D eigenvalue weighted by molar-refractivity contribution is 0.238. The van der Waals surface area contributed by atoms with E-state index >= 15 is 0 Å². The summed E-state index contributed by atoms with van der Waals surface area (Å²) in [4.78, 5) is 2.46. The Bertz CT molecular complexity index is 1310. The number of rotatable bonds is 11. The molecule has 5 heteroatoms. The fraction of sp³-hybridized carbons (Fsp3) is 0.273. The normalized spacial score (nSPS) is 13.4. The Hall–Kier alpha value is -3.96. The van der Waals surface area contributed by atoms with E-state index in [2.05, 4.69) is 41.3 Å². The monoisotopic (exact) mass is 509 g/mol.